The van der Waals surface area contributed by atoms with Gasteiger partial charge in [0.05, 0.1) is 25.4 Å². The molecule has 3 heteroatoms. The topological polar surface area (TPSA) is 44.5 Å². The predicted octanol–water partition coefficient (Wildman–Crippen LogP) is 1.31. The highest BCUT2D eigenvalue weighted by atomic mass is 16.5. The monoisotopic (exact) mass is 199 g/mol. The van der Waals surface area contributed by atoms with Crippen molar-refractivity contribution in [3.05, 3.63) is 0 Å². The van der Waals surface area contributed by atoms with Crippen molar-refractivity contribution in [2.24, 2.45) is 11.7 Å². The fraction of sp³-hybridized carbons (Fsp3) is 1.00. The van der Waals surface area contributed by atoms with Crippen LogP contribution in [0, 0.1) is 5.92 Å². The third-order valence-corrected chi connectivity index (χ3v) is 3.25. The van der Waals surface area contributed by atoms with E-state index in [1.54, 1.807) is 0 Å². The second-order valence-corrected chi connectivity index (χ2v) is 4.82. The van der Waals surface area contributed by atoms with Crippen LogP contribution >= 0.6 is 0 Å². The molecule has 2 atom stereocenters. The van der Waals surface area contributed by atoms with Crippen molar-refractivity contribution in [1.82, 2.24) is 0 Å². The summed E-state index contributed by atoms with van der Waals surface area (Å²) in [5.41, 5.74) is 5.74. The molecule has 0 unspecified atom stereocenters. The summed E-state index contributed by atoms with van der Waals surface area (Å²) in [6.45, 7) is 3.75. The van der Waals surface area contributed by atoms with Gasteiger partial charge in [-0.2, -0.15) is 0 Å². The molecule has 1 saturated heterocycles. The summed E-state index contributed by atoms with van der Waals surface area (Å²) in [4.78, 5) is 0. The molecule has 2 aliphatic rings. The minimum Gasteiger partial charge on any atom is -0.376 e. The fourth-order valence-electron chi connectivity index (χ4n) is 2.17. The van der Waals surface area contributed by atoms with Gasteiger partial charge < -0.3 is 15.2 Å². The SMILES string of the molecule is CC1CC(OC[C@@H]2CC[C@@H](N)CO2)C1. The van der Waals surface area contributed by atoms with Crippen LogP contribution in [0.2, 0.25) is 0 Å². The van der Waals surface area contributed by atoms with Gasteiger partial charge >= 0.3 is 0 Å². The van der Waals surface area contributed by atoms with Crippen LogP contribution in [0.25, 0.3) is 0 Å². The van der Waals surface area contributed by atoms with Gasteiger partial charge in [-0.25, -0.2) is 0 Å². The lowest BCUT2D eigenvalue weighted by Crippen LogP contribution is -2.39. The second-order valence-electron chi connectivity index (χ2n) is 4.82. The molecule has 3 nitrogen and oxygen atoms in total. The highest BCUT2D eigenvalue weighted by Crippen LogP contribution is 2.29. The molecule has 2 rings (SSSR count). The summed E-state index contributed by atoms with van der Waals surface area (Å²) in [6.07, 6.45) is 5.40. The molecule has 0 radical (unpaired) electrons. The van der Waals surface area contributed by atoms with Crippen molar-refractivity contribution in [3.63, 3.8) is 0 Å². The van der Waals surface area contributed by atoms with Crippen molar-refractivity contribution >= 4 is 0 Å². The normalized spacial score (nSPS) is 43.3. The van der Waals surface area contributed by atoms with Gasteiger partial charge in [0.25, 0.3) is 0 Å². The predicted molar refractivity (Wildman–Crippen MR) is 55.1 cm³/mol. The number of rotatable bonds is 3. The Kier molecular flexibility index (Phi) is 3.42. The zero-order valence-electron chi connectivity index (χ0n) is 8.95. The molecule has 2 N–H and O–H groups in total. The fourth-order valence-corrected chi connectivity index (χ4v) is 2.17. The van der Waals surface area contributed by atoms with E-state index in [1.165, 1.54) is 12.8 Å². The summed E-state index contributed by atoms with van der Waals surface area (Å²) >= 11 is 0. The molecule has 0 amide bonds. The molecule has 0 spiro atoms. The summed E-state index contributed by atoms with van der Waals surface area (Å²) < 4.78 is 11.3. The molecule has 0 aromatic rings. The van der Waals surface area contributed by atoms with Crippen LogP contribution in [0.4, 0.5) is 0 Å². The molecule has 1 saturated carbocycles. The maximum atomic E-state index is 5.76. The zero-order valence-corrected chi connectivity index (χ0v) is 8.95. The molecule has 1 aliphatic heterocycles. The van der Waals surface area contributed by atoms with Crippen LogP contribution in [0.1, 0.15) is 32.6 Å². The largest absolute Gasteiger partial charge is 0.376 e. The number of nitrogens with two attached hydrogens (primary N) is 1. The van der Waals surface area contributed by atoms with E-state index < -0.39 is 0 Å². The van der Waals surface area contributed by atoms with Crippen LogP contribution in [0.15, 0.2) is 0 Å². The van der Waals surface area contributed by atoms with Crippen molar-refractivity contribution < 1.29 is 9.47 Å². The van der Waals surface area contributed by atoms with E-state index in [1.807, 2.05) is 0 Å². The summed E-state index contributed by atoms with van der Waals surface area (Å²) in [7, 11) is 0. The van der Waals surface area contributed by atoms with Crippen molar-refractivity contribution in [2.45, 2.75) is 50.9 Å². The molecule has 0 bridgehead atoms. The number of hydrogen-bond acceptors (Lipinski definition) is 3. The molecule has 82 valence electrons. The molecule has 2 fully saturated rings. The van der Waals surface area contributed by atoms with E-state index in [0.29, 0.717) is 18.8 Å². The lowest BCUT2D eigenvalue weighted by Gasteiger charge is -2.34. The number of hydrogen-bond donors (Lipinski definition) is 1. The van der Waals surface area contributed by atoms with Gasteiger partial charge in [-0.1, -0.05) is 6.92 Å². The standard InChI is InChI=1S/C11H21NO2/c1-8-4-11(5-8)14-7-10-3-2-9(12)6-13-10/h8-11H,2-7,12H2,1H3/t8?,9-,10+,11?/m1/s1. The first-order valence-electron chi connectivity index (χ1n) is 5.73. The van der Waals surface area contributed by atoms with Crippen LogP contribution in [0.3, 0.4) is 0 Å². The van der Waals surface area contributed by atoms with Crippen molar-refractivity contribution in [3.8, 4) is 0 Å². The van der Waals surface area contributed by atoms with Crippen molar-refractivity contribution in [1.29, 1.82) is 0 Å². The van der Waals surface area contributed by atoms with Gasteiger partial charge in [0.2, 0.25) is 0 Å². The highest BCUT2D eigenvalue weighted by Gasteiger charge is 2.27. The third kappa shape index (κ3) is 2.69. The smallest absolute Gasteiger partial charge is 0.0810 e. The lowest BCUT2D eigenvalue weighted by molar-refractivity contribution is -0.0948. The molecule has 1 heterocycles. The average molecular weight is 199 g/mol. The first kappa shape index (κ1) is 10.4. The van der Waals surface area contributed by atoms with Crippen molar-refractivity contribution in [2.75, 3.05) is 13.2 Å². The average Bonchev–Trinajstić information content (AvgIpc) is 2.13. The van der Waals surface area contributed by atoms with E-state index in [9.17, 15) is 0 Å². The first-order valence-corrected chi connectivity index (χ1v) is 5.73. The van der Waals surface area contributed by atoms with Crippen LogP contribution in [-0.2, 0) is 9.47 Å². The molecule has 0 aromatic heterocycles. The summed E-state index contributed by atoms with van der Waals surface area (Å²) in [5.74, 6) is 0.862. The molecular formula is C11H21NO2. The maximum absolute atomic E-state index is 5.76. The van der Waals surface area contributed by atoms with E-state index in [-0.39, 0.29) is 6.04 Å². The lowest BCUT2D eigenvalue weighted by atomic mass is 9.84. The Morgan fingerprint density at radius 1 is 1.36 bits per heavy atom. The molecule has 14 heavy (non-hydrogen) atoms. The Morgan fingerprint density at radius 3 is 2.71 bits per heavy atom. The van der Waals surface area contributed by atoms with E-state index in [2.05, 4.69) is 6.92 Å². The van der Waals surface area contributed by atoms with Gasteiger partial charge in [0.1, 0.15) is 0 Å². The van der Waals surface area contributed by atoms with E-state index in [4.69, 9.17) is 15.2 Å². The molecular weight excluding hydrogens is 178 g/mol. The maximum Gasteiger partial charge on any atom is 0.0810 e. The third-order valence-electron chi connectivity index (χ3n) is 3.25. The van der Waals surface area contributed by atoms with Crippen LogP contribution in [0.5, 0.6) is 0 Å². The Hall–Kier alpha value is -0.120. The molecule has 1 aliphatic carbocycles. The number of ether oxygens (including phenoxy) is 2. The summed E-state index contributed by atoms with van der Waals surface area (Å²) in [6, 6.07) is 0.245. The Bertz CT molecular complexity index is 172. The van der Waals surface area contributed by atoms with Gasteiger partial charge in [-0.05, 0) is 31.6 Å². The Balaban J connectivity index is 1.57. The van der Waals surface area contributed by atoms with Gasteiger partial charge in [-0.15, -0.1) is 0 Å². The second kappa shape index (κ2) is 4.60. The first-order chi connectivity index (χ1) is 6.74. The van der Waals surface area contributed by atoms with E-state index >= 15 is 0 Å². The van der Waals surface area contributed by atoms with Gasteiger partial charge in [0, 0.05) is 6.04 Å². The van der Waals surface area contributed by atoms with Gasteiger partial charge in [0.15, 0.2) is 0 Å². The summed E-state index contributed by atoms with van der Waals surface area (Å²) in [5, 5.41) is 0. The Morgan fingerprint density at radius 2 is 2.14 bits per heavy atom. The molecule has 0 aromatic carbocycles. The quantitative estimate of drug-likeness (QED) is 0.745. The minimum absolute atomic E-state index is 0.245. The van der Waals surface area contributed by atoms with Crippen LogP contribution in [-0.4, -0.2) is 31.5 Å². The zero-order chi connectivity index (χ0) is 9.97. The highest BCUT2D eigenvalue weighted by molar-refractivity contribution is 4.78. The van der Waals surface area contributed by atoms with E-state index in [0.717, 1.165) is 25.4 Å². The van der Waals surface area contributed by atoms with Gasteiger partial charge in [-0.3, -0.25) is 0 Å². The van der Waals surface area contributed by atoms with Crippen LogP contribution < -0.4 is 5.73 Å². The minimum atomic E-state index is 0.245. The Labute approximate surface area is 85.9 Å².